The number of carbonyl (C=O) groups excluding carboxylic acids is 1. The number of aryl methyl sites for hydroxylation is 1. The Balaban J connectivity index is 1.90. The van der Waals surface area contributed by atoms with Crippen LogP contribution in [-0.4, -0.2) is 38.3 Å². The minimum absolute atomic E-state index is 0.138. The number of amides is 1. The monoisotopic (exact) mass is 344 g/mol. The molecule has 1 amide bonds. The van der Waals surface area contributed by atoms with Gasteiger partial charge in [-0.2, -0.15) is 0 Å². The third-order valence-electron chi connectivity index (χ3n) is 3.67. The summed E-state index contributed by atoms with van der Waals surface area (Å²) in [7, 11) is 4.67. The van der Waals surface area contributed by atoms with Crippen molar-refractivity contribution in [1.82, 2.24) is 9.88 Å². The molecule has 1 heterocycles. The summed E-state index contributed by atoms with van der Waals surface area (Å²) in [5.74, 6) is 1.49. The summed E-state index contributed by atoms with van der Waals surface area (Å²) >= 11 is 0. The van der Waals surface area contributed by atoms with Gasteiger partial charge in [-0.3, -0.25) is 4.79 Å². The molecule has 0 atom stereocenters. The van der Waals surface area contributed by atoms with Crippen LogP contribution in [0.2, 0.25) is 0 Å². The molecule has 2 aromatic rings. The van der Waals surface area contributed by atoms with Crippen molar-refractivity contribution in [3.05, 3.63) is 48.3 Å². The Morgan fingerprint density at radius 1 is 1.08 bits per heavy atom. The first-order valence-electron chi connectivity index (χ1n) is 8.04. The van der Waals surface area contributed by atoms with Crippen molar-refractivity contribution in [2.75, 3.05) is 27.9 Å². The number of methoxy groups -OCH3 is 3. The van der Waals surface area contributed by atoms with Crippen LogP contribution in [-0.2, 0) is 11.3 Å². The highest BCUT2D eigenvalue weighted by Crippen LogP contribution is 2.38. The predicted octanol–water partition coefficient (Wildman–Crippen LogP) is 2.73. The van der Waals surface area contributed by atoms with Gasteiger partial charge in [-0.1, -0.05) is 0 Å². The van der Waals surface area contributed by atoms with Crippen molar-refractivity contribution >= 4 is 12.0 Å². The van der Waals surface area contributed by atoms with Crippen LogP contribution in [0, 0.1) is 0 Å². The molecule has 6 heteroatoms. The van der Waals surface area contributed by atoms with E-state index >= 15 is 0 Å². The number of nitrogens with one attached hydrogen (secondary N) is 1. The largest absolute Gasteiger partial charge is 0.493 e. The van der Waals surface area contributed by atoms with E-state index in [1.54, 1.807) is 39.5 Å². The fourth-order valence-electron chi connectivity index (χ4n) is 2.42. The molecule has 0 spiro atoms. The van der Waals surface area contributed by atoms with Crippen LogP contribution in [0.3, 0.4) is 0 Å². The second-order valence-corrected chi connectivity index (χ2v) is 5.36. The van der Waals surface area contributed by atoms with E-state index in [0.717, 1.165) is 18.5 Å². The fraction of sp³-hybridized carbons (Fsp3) is 0.316. The number of hydrogen-bond acceptors (Lipinski definition) is 4. The van der Waals surface area contributed by atoms with Gasteiger partial charge in [0.2, 0.25) is 11.7 Å². The highest BCUT2D eigenvalue weighted by atomic mass is 16.5. The number of nitrogens with zero attached hydrogens (tertiary/aromatic N) is 1. The number of carbonyl (C=O) groups is 1. The summed E-state index contributed by atoms with van der Waals surface area (Å²) in [6, 6.07) is 7.55. The van der Waals surface area contributed by atoms with E-state index in [2.05, 4.69) is 9.88 Å². The summed E-state index contributed by atoms with van der Waals surface area (Å²) in [6.07, 6.45) is 8.10. The van der Waals surface area contributed by atoms with E-state index in [9.17, 15) is 4.79 Å². The van der Waals surface area contributed by atoms with E-state index in [4.69, 9.17) is 14.2 Å². The highest BCUT2D eigenvalue weighted by molar-refractivity contribution is 5.91. The van der Waals surface area contributed by atoms with Gasteiger partial charge in [-0.15, -0.1) is 0 Å². The molecule has 0 saturated heterocycles. The highest BCUT2D eigenvalue weighted by Gasteiger charge is 2.12. The third kappa shape index (κ3) is 5.31. The van der Waals surface area contributed by atoms with E-state index in [1.807, 2.05) is 24.5 Å². The number of benzene rings is 1. The standard InChI is InChI=1S/C19H24N2O4/c1-23-16-13-15(14-17(24-2)19(16)25-3)7-8-18(22)20-9-6-12-21-10-4-5-11-21/h4-5,7-8,10-11,13-14H,6,9,12H2,1-3H3,(H,20,22)/b8-7+. The lowest BCUT2D eigenvalue weighted by Crippen LogP contribution is -2.22. The van der Waals surface area contributed by atoms with Crippen molar-refractivity contribution in [2.24, 2.45) is 0 Å². The summed E-state index contributed by atoms with van der Waals surface area (Å²) in [5, 5.41) is 2.87. The molecule has 1 N–H and O–H groups in total. The van der Waals surface area contributed by atoms with Crippen LogP contribution in [0.15, 0.2) is 42.7 Å². The van der Waals surface area contributed by atoms with Crippen LogP contribution in [0.1, 0.15) is 12.0 Å². The molecular formula is C19H24N2O4. The second kappa shape index (κ2) is 9.42. The normalized spacial score (nSPS) is 10.7. The second-order valence-electron chi connectivity index (χ2n) is 5.36. The molecule has 2 rings (SSSR count). The van der Waals surface area contributed by atoms with Crippen molar-refractivity contribution in [3.63, 3.8) is 0 Å². The molecule has 1 aromatic carbocycles. The SMILES string of the molecule is COc1cc(/C=C/C(=O)NCCCn2cccc2)cc(OC)c1OC. The zero-order chi connectivity index (χ0) is 18.1. The van der Waals surface area contributed by atoms with Gasteiger partial charge in [0.25, 0.3) is 0 Å². The van der Waals surface area contributed by atoms with Gasteiger partial charge in [0.05, 0.1) is 21.3 Å². The topological polar surface area (TPSA) is 61.7 Å². The first-order valence-corrected chi connectivity index (χ1v) is 8.04. The quantitative estimate of drug-likeness (QED) is 0.561. The molecule has 1 aromatic heterocycles. The lowest BCUT2D eigenvalue weighted by Gasteiger charge is -2.12. The number of rotatable bonds is 9. The van der Waals surface area contributed by atoms with Gasteiger partial charge in [0.1, 0.15) is 0 Å². The molecule has 0 radical (unpaired) electrons. The van der Waals surface area contributed by atoms with Gasteiger partial charge in [0, 0.05) is 31.6 Å². The number of aromatic nitrogens is 1. The van der Waals surface area contributed by atoms with E-state index in [1.165, 1.54) is 6.08 Å². The van der Waals surface area contributed by atoms with Crippen LogP contribution < -0.4 is 19.5 Å². The maximum absolute atomic E-state index is 11.9. The summed E-state index contributed by atoms with van der Waals surface area (Å²) in [5.41, 5.74) is 0.789. The Bertz CT molecular complexity index is 683. The lowest BCUT2D eigenvalue weighted by atomic mass is 10.1. The van der Waals surface area contributed by atoms with Gasteiger partial charge in [-0.05, 0) is 42.3 Å². The van der Waals surface area contributed by atoms with Crippen LogP contribution in [0.25, 0.3) is 6.08 Å². The molecule has 0 saturated carbocycles. The minimum atomic E-state index is -0.138. The average molecular weight is 344 g/mol. The Morgan fingerprint density at radius 3 is 2.28 bits per heavy atom. The molecule has 0 unspecified atom stereocenters. The van der Waals surface area contributed by atoms with Crippen molar-refractivity contribution in [3.8, 4) is 17.2 Å². The molecule has 6 nitrogen and oxygen atoms in total. The summed E-state index contributed by atoms with van der Waals surface area (Å²) in [6.45, 7) is 1.50. The lowest BCUT2D eigenvalue weighted by molar-refractivity contribution is -0.116. The maximum atomic E-state index is 11.9. The van der Waals surface area contributed by atoms with Crippen molar-refractivity contribution < 1.29 is 19.0 Å². The molecule has 25 heavy (non-hydrogen) atoms. The molecule has 0 aliphatic heterocycles. The average Bonchev–Trinajstić information content (AvgIpc) is 3.15. The van der Waals surface area contributed by atoms with Gasteiger partial charge in [-0.25, -0.2) is 0 Å². The minimum Gasteiger partial charge on any atom is -0.493 e. The Labute approximate surface area is 148 Å². The van der Waals surface area contributed by atoms with Crippen molar-refractivity contribution in [2.45, 2.75) is 13.0 Å². The molecule has 0 aliphatic rings. The summed E-state index contributed by atoms with van der Waals surface area (Å²) in [4.78, 5) is 11.9. The molecule has 0 bridgehead atoms. The zero-order valence-corrected chi connectivity index (χ0v) is 14.8. The van der Waals surface area contributed by atoms with Gasteiger partial charge in [0.15, 0.2) is 11.5 Å². The molecule has 0 fully saturated rings. The van der Waals surface area contributed by atoms with Crippen LogP contribution in [0.4, 0.5) is 0 Å². The van der Waals surface area contributed by atoms with Gasteiger partial charge < -0.3 is 24.1 Å². The zero-order valence-electron chi connectivity index (χ0n) is 14.8. The molecule has 134 valence electrons. The smallest absolute Gasteiger partial charge is 0.244 e. The summed E-state index contributed by atoms with van der Waals surface area (Å²) < 4.78 is 18.0. The van der Waals surface area contributed by atoms with E-state index in [0.29, 0.717) is 23.8 Å². The first kappa shape index (κ1) is 18.4. The third-order valence-corrected chi connectivity index (χ3v) is 3.67. The van der Waals surface area contributed by atoms with E-state index in [-0.39, 0.29) is 5.91 Å². The van der Waals surface area contributed by atoms with Crippen LogP contribution in [0.5, 0.6) is 17.2 Å². The molecule has 0 aliphatic carbocycles. The predicted molar refractivity (Wildman–Crippen MR) is 97.2 cm³/mol. The van der Waals surface area contributed by atoms with E-state index < -0.39 is 0 Å². The molecular weight excluding hydrogens is 320 g/mol. The Morgan fingerprint density at radius 2 is 1.72 bits per heavy atom. The Kier molecular flexibility index (Phi) is 6.95. The maximum Gasteiger partial charge on any atom is 0.244 e. The fourth-order valence-corrected chi connectivity index (χ4v) is 2.42. The van der Waals surface area contributed by atoms with Gasteiger partial charge >= 0.3 is 0 Å². The number of ether oxygens (including phenoxy) is 3. The van der Waals surface area contributed by atoms with Crippen LogP contribution >= 0.6 is 0 Å². The van der Waals surface area contributed by atoms with Crippen molar-refractivity contribution in [1.29, 1.82) is 0 Å². The Hall–Kier alpha value is -2.89. The number of hydrogen-bond donors (Lipinski definition) is 1. The first-order chi connectivity index (χ1) is 12.2.